The van der Waals surface area contributed by atoms with Gasteiger partial charge in [0.15, 0.2) is 0 Å². The van der Waals surface area contributed by atoms with Crippen LogP contribution in [0.25, 0.3) is 10.9 Å². The van der Waals surface area contributed by atoms with Crippen molar-refractivity contribution in [2.24, 2.45) is 0 Å². The van der Waals surface area contributed by atoms with E-state index in [2.05, 4.69) is 20.6 Å². The Hall–Kier alpha value is -3.39. The maximum Gasteiger partial charge on any atom is 0.221 e. The molecule has 3 aromatic rings. The summed E-state index contributed by atoms with van der Waals surface area (Å²) in [5, 5.41) is 7.17. The van der Waals surface area contributed by atoms with Crippen LogP contribution in [0.4, 0.5) is 11.5 Å². The third kappa shape index (κ3) is 4.44. The number of nitrogens with one attached hydrogen (secondary N) is 2. The third-order valence-electron chi connectivity index (χ3n) is 4.46. The van der Waals surface area contributed by atoms with Gasteiger partial charge < -0.3 is 24.9 Å². The third-order valence-corrected chi connectivity index (χ3v) is 4.75. The molecule has 156 valence electrons. The molecule has 0 aliphatic rings. The van der Waals surface area contributed by atoms with Gasteiger partial charge in [-0.25, -0.2) is 9.97 Å². The van der Waals surface area contributed by atoms with Gasteiger partial charge in [-0.2, -0.15) is 0 Å². The molecule has 0 atom stereocenters. The second kappa shape index (κ2) is 9.41. The van der Waals surface area contributed by atoms with Crippen LogP contribution in [0.15, 0.2) is 30.6 Å². The van der Waals surface area contributed by atoms with Crippen LogP contribution in [-0.2, 0) is 22.6 Å². The van der Waals surface area contributed by atoms with Crippen LogP contribution in [0.1, 0.15) is 18.1 Å². The zero-order valence-electron chi connectivity index (χ0n) is 16.8. The van der Waals surface area contributed by atoms with Gasteiger partial charge in [-0.1, -0.05) is 17.7 Å². The molecule has 1 amide bonds. The van der Waals surface area contributed by atoms with Gasteiger partial charge in [-0.05, 0) is 23.8 Å². The molecule has 1 heterocycles. The molecule has 0 radical (unpaired) electrons. The Morgan fingerprint density at radius 3 is 2.63 bits per heavy atom. The van der Waals surface area contributed by atoms with Crippen LogP contribution in [0.2, 0.25) is 5.02 Å². The minimum Gasteiger partial charge on any atom is -0.495 e. The van der Waals surface area contributed by atoms with E-state index in [1.807, 2.05) is 6.07 Å². The summed E-state index contributed by atoms with van der Waals surface area (Å²) < 4.78 is 10.6. The molecule has 2 aromatic carbocycles. The highest BCUT2D eigenvalue weighted by atomic mass is 35.5. The van der Waals surface area contributed by atoms with Gasteiger partial charge in [0, 0.05) is 30.8 Å². The highest BCUT2D eigenvalue weighted by Gasteiger charge is 2.18. The van der Waals surface area contributed by atoms with Crippen LogP contribution >= 0.6 is 11.6 Å². The molecule has 1 aromatic heterocycles. The molecule has 0 fully saturated rings. The minimum atomic E-state index is -0.260. The highest BCUT2D eigenvalue weighted by molar-refractivity contribution is 6.32. The van der Waals surface area contributed by atoms with Crippen molar-refractivity contribution in [3.05, 3.63) is 46.7 Å². The number of aldehydes is 1. The number of carbonyl (C=O) groups is 2. The molecule has 0 spiro atoms. The lowest BCUT2D eigenvalue weighted by Gasteiger charge is -2.17. The van der Waals surface area contributed by atoms with E-state index < -0.39 is 0 Å². The summed E-state index contributed by atoms with van der Waals surface area (Å²) in [6.45, 7) is 1.84. The summed E-state index contributed by atoms with van der Waals surface area (Å²) in [4.78, 5) is 31.6. The quantitative estimate of drug-likeness (QED) is 0.528. The van der Waals surface area contributed by atoms with Gasteiger partial charge in [-0.15, -0.1) is 0 Å². The standard InChI is InChI=1S/C21H21ClN4O4/c1-12(28)26-17-9-15-19(14(6-7-27)20(17)30-3)24-11-25-21(15)23-10-13-4-5-18(29-2)16(22)8-13/h4-5,7-9,11H,6,10H2,1-3H3,(H,26,28)(H,23,24,25). The number of aromatic nitrogens is 2. The average Bonchev–Trinajstić information content (AvgIpc) is 2.72. The van der Waals surface area contributed by atoms with Crippen molar-refractivity contribution in [2.75, 3.05) is 24.9 Å². The topological polar surface area (TPSA) is 102 Å². The zero-order valence-corrected chi connectivity index (χ0v) is 17.5. The number of methoxy groups -OCH3 is 2. The lowest BCUT2D eigenvalue weighted by Crippen LogP contribution is -2.10. The Kier molecular flexibility index (Phi) is 6.68. The molecule has 2 N–H and O–H groups in total. The maximum absolute atomic E-state index is 11.7. The Labute approximate surface area is 178 Å². The predicted octanol–water partition coefficient (Wildman–Crippen LogP) is 3.61. The van der Waals surface area contributed by atoms with Gasteiger partial charge in [0.2, 0.25) is 5.91 Å². The predicted molar refractivity (Wildman–Crippen MR) is 115 cm³/mol. The number of carbonyl (C=O) groups excluding carboxylic acids is 2. The number of amides is 1. The molecule has 9 heteroatoms. The molecule has 0 saturated heterocycles. The number of hydrogen-bond donors (Lipinski definition) is 2. The largest absolute Gasteiger partial charge is 0.495 e. The molecule has 30 heavy (non-hydrogen) atoms. The van der Waals surface area contributed by atoms with E-state index in [1.165, 1.54) is 20.4 Å². The number of hydrogen-bond acceptors (Lipinski definition) is 7. The minimum absolute atomic E-state index is 0.0810. The lowest BCUT2D eigenvalue weighted by atomic mass is 10.0. The highest BCUT2D eigenvalue weighted by Crippen LogP contribution is 2.37. The first-order chi connectivity index (χ1) is 14.5. The Morgan fingerprint density at radius 2 is 2.00 bits per heavy atom. The van der Waals surface area contributed by atoms with Crippen molar-refractivity contribution in [2.45, 2.75) is 19.9 Å². The van der Waals surface area contributed by atoms with E-state index >= 15 is 0 Å². The second-order valence-corrected chi connectivity index (χ2v) is 6.84. The molecule has 0 unspecified atom stereocenters. The van der Waals surface area contributed by atoms with Crippen LogP contribution < -0.4 is 20.1 Å². The number of nitrogens with zero attached hydrogens (tertiary/aromatic N) is 2. The Balaban J connectivity index is 2.04. The van der Waals surface area contributed by atoms with Crippen LogP contribution in [0.3, 0.4) is 0 Å². The summed E-state index contributed by atoms with van der Waals surface area (Å²) in [5.74, 6) is 1.28. The van der Waals surface area contributed by atoms with Crippen LogP contribution in [0, 0.1) is 0 Å². The lowest BCUT2D eigenvalue weighted by molar-refractivity contribution is -0.114. The average molecular weight is 429 g/mol. The summed E-state index contributed by atoms with van der Waals surface area (Å²) in [7, 11) is 3.04. The van der Waals surface area contributed by atoms with E-state index in [0.717, 1.165) is 11.8 Å². The fourth-order valence-electron chi connectivity index (χ4n) is 3.19. The summed E-state index contributed by atoms with van der Waals surface area (Å²) in [6, 6.07) is 7.22. The van der Waals surface area contributed by atoms with E-state index in [4.69, 9.17) is 21.1 Å². The smallest absolute Gasteiger partial charge is 0.221 e. The second-order valence-electron chi connectivity index (χ2n) is 6.43. The Bertz CT molecular complexity index is 1100. The molecule has 0 bridgehead atoms. The van der Waals surface area contributed by atoms with Gasteiger partial charge in [0.1, 0.15) is 29.9 Å². The molecule has 3 rings (SSSR count). The summed E-state index contributed by atoms with van der Waals surface area (Å²) in [6.07, 6.45) is 2.26. The molecule has 0 aliphatic heterocycles. The van der Waals surface area contributed by atoms with Gasteiger partial charge >= 0.3 is 0 Å². The Morgan fingerprint density at radius 1 is 1.20 bits per heavy atom. The normalized spacial score (nSPS) is 10.5. The number of halogens is 1. The van der Waals surface area contributed by atoms with Crippen molar-refractivity contribution >= 4 is 46.2 Å². The number of ether oxygens (including phenoxy) is 2. The first-order valence-corrected chi connectivity index (χ1v) is 9.48. The van der Waals surface area contributed by atoms with Gasteiger partial charge in [-0.3, -0.25) is 4.79 Å². The molecule has 0 saturated carbocycles. The van der Waals surface area contributed by atoms with Gasteiger partial charge in [0.05, 0.1) is 30.4 Å². The summed E-state index contributed by atoms with van der Waals surface area (Å²) in [5.41, 5.74) is 2.51. The van der Waals surface area contributed by atoms with Crippen LogP contribution in [-0.4, -0.2) is 36.4 Å². The first kappa shape index (κ1) is 21.3. The molecule has 8 nitrogen and oxygen atoms in total. The monoisotopic (exact) mass is 428 g/mol. The van der Waals surface area contributed by atoms with E-state index in [-0.39, 0.29) is 12.3 Å². The number of fused-ring (bicyclic) bond motifs is 1. The SMILES string of the molecule is COc1ccc(CNc2ncnc3c(CC=O)c(OC)c(NC(C)=O)cc23)cc1Cl. The fourth-order valence-corrected chi connectivity index (χ4v) is 3.47. The van der Waals surface area contributed by atoms with Crippen LogP contribution in [0.5, 0.6) is 11.5 Å². The first-order valence-electron chi connectivity index (χ1n) is 9.10. The van der Waals surface area contributed by atoms with Crippen molar-refractivity contribution < 1.29 is 19.1 Å². The number of benzene rings is 2. The zero-order chi connectivity index (χ0) is 21.7. The number of anilines is 2. The molecular weight excluding hydrogens is 408 g/mol. The van der Waals surface area contributed by atoms with Crippen molar-refractivity contribution in [1.29, 1.82) is 0 Å². The number of rotatable bonds is 8. The molecular formula is C21H21ClN4O4. The van der Waals surface area contributed by atoms with Crippen molar-refractivity contribution in [3.8, 4) is 11.5 Å². The van der Waals surface area contributed by atoms with Crippen molar-refractivity contribution in [1.82, 2.24) is 9.97 Å². The summed E-state index contributed by atoms with van der Waals surface area (Å²) >= 11 is 6.20. The van der Waals surface area contributed by atoms with E-state index in [9.17, 15) is 9.59 Å². The van der Waals surface area contributed by atoms with Crippen molar-refractivity contribution in [3.63, 3.8) is 0 Å². The van der Waals surface area contributed by atoms with E-state index in [1.54, 1.807) is 25.3 Å². The maximum atomic E-state index is 11.7. The fraction of sp³-hybridized carbons (Fsp3) is 0.238. The van der Waals surface area contributed by atoms with Gasteiger partial charge in [0.25, 0.3) is 0 Å². The molecule has 0 aliphatic carbocycles. The van der Waals surface area contributed by atoms with E-state index in [0.29, 0.717) is 51.0 Å².